The van der Waals surface area contributed by atoms with Gasteiger partial charge in [0.05, 0.1) is 29.2 Å². The summed E-state index contributed by atoms with van der Waals surface area (Å²) in [5, 5.41) is 14.0. The van der Waals surface area contributed by atoms with Gasteiger partial charge >= 0.3 is 0 Å². The monoisotopic (exact) mass is 566 g/mol. The highest BCUT2D eigenvalue weighted by molar-refractivity contribution is 7.97. The molecule has 212 valence electrons. The molecule has 1 unspecified atom stereocenters. The van der Waals surface area contributed by atoms with E-state index in [1.165, 1.54) is 32.9 Å². The zero-order valence-corrected chi connectivity index (χ0v) is 24.7. The molecule has 0 radical (unpaired) electrons. The van der Waals surface area contributed by atoms with Crippen molar-refractivity contribution in [1.29, 1.82) is 5.26 Å². The molecule has 0 saturated carbocycles. The molecule has 1 aliphatic heterocycles. The van der Waals surface area contributed by atoms with Crippen LogP contribution in [0.1, 0.15) is 55.1 Å². The number of rotatable bonds is 5. The van der Waals surface area contributed by atoms with Gasteiger partial charge in [-0.2, -0.15) is 10.4 Å². The Balaban J connectivity index is 0.00000194. The molecule has 2 aliphatic rings. The molecule has 4 aromatic rings. The highest BCUT2D eigenvalue weighted by Gasteiger charge is 2.43. The van der Waals surface area contributed by atoms with Crippen molar-refractivity contribution in [3.8, 4) is 11.8 Å². The minimum absolute atomic E-state index is 0. The van der Waals surface area contributed by atoms with Gasteiger partial charge in [0.15, 0.2) is 0 Å². The molecule has 1 atom stereocenters. The third kappa shape index (κ3) is 6.17. The zero-order chi connectivity index (χ0) is 27.0. The van der Waals surface area contributed by atoms with Crippen LogP contribution < -0.4 is 0 Å². The minimum Gasteiger partial charge on any atom is -0.412 e. The SMILES string of the molecule is CC(C)(C)c1ccc(SN2CCC3=Cc4c(cnn4-c4ccc(C#N)cc4)CC3(Cc3ccccc3)C2)cc1.O.O. The van der Waals surface area contributed by atoms with Crippen LogP contribution in [0.2, 0.25) is 0 Å². The lowest BCUT2D eigenvalue weighted by atomic mass is 9.66. The van der Waals surface area contributed by atoms with Gasteiger partial charge in [0, 0.05) is 23.4 Å². The second kappa shape index (κ2) is 12.1. The van der Waals surface area contributed by atoms with Crippen molar-refractivity contribution in [3.05, 3.63) is 119 Å². The number of hydrogen-bond donors (Lipinski definition) is 0. The van der Waals surface area contributed by atoms with Crippen molar-refractivity contribution in [3.63, 3.8) is 0 Å². The molecule has 0 bridgehead atoms. The van der Waals surface area contributed by atoms with Crippen LogP contribution in [0.4, 0.5) is 0 Å². The number of nitriles is 1. The topological polar surface area (TPSA) is 108 Å². The summed E-state index contributed by atoms with van der Waals surface area (Å²) in [5.74, 6) is 0. The summed E-state index contributed by atoms with van der Waals surface area (Å²) in [6.07, 6.45) is 7.48. The summed E-state index contributed by atoms with van der Waals surface area (Å²) in [7, 11) is 0. The Labute approximate surface area is 247 Å². The van der Waals surface area contributed by atoms with Gasteiger partial charge in [-0.3, -0.25) is 0 Å². The number of nitrogens with zero attached hydrogens (tertiary/aromatic N) is 4. The molecule has 41 heavy (non-hydrogen) atoms. The van der Waals surface area contributed by atoms with Gasteiger partial charge in [-0.25, -0.2) is 8.99 Å². The minimum atomic E-state index is 0. The van der Waals surface area contributed by atoms with E-state index < -0.39 is 0 Å². The van der Waals surface area contributed by atoms with Crippen molar-refractivity contribution >= 4 is 18.0 Å². The van der Waals surface area contributed by atoms with Crippen molar-refractivity contribution in [2.24, 2.45) is 5.41 Å². The Bertz CT molecular complexity index is 1550. The molecule has 1 aliphatic carbocycles. The number of piperidine rings is 1. The van der Waals surface area contributed by atoms with E-state index in [2.05, 4.69) is 91.8 Å². The number of fused-ring (bicyclic) bond motifs is 2. The van der Waals surface area contributed by atoms with E-state index in [-0.39, 0.29) is 21.8 Å². The molecule has 2 heterocycles. The summed E-state index contributed by atoms with van der Waals surface area (Å²) in [5.41, 5.74) is 8.60. The Morgan fingerprint density at radius 2 is 1.66 bits per heavy atom. The third-order valence-electron chi connectivity index (χ3n) is 8.10. The van der Waals surface area contributed by atoms with E-state index in [1.807, 2.05) is 47.1 Å². The van der Waals surface area contributed by atoms with E-state index in [0.717, 1.165) is 38.0 Å². The third-order valence-corrected chi connectivity index (χ3v) is 9.15. The van der Waals surface area contributed by atoms with Crippen LogP contribution in [0.5, 0.6) is 0 Å². The fourth-order valence-corrected chi connectivity index (χ4v) is 7.03. The number of aromatic nitrogens is 2. The predicted octanol–water partition coefficient (Wildman–Crippen LogP) is 5.97. The zero-order valence-electron chi connectivity index (χ0n) is 23.9. The van der Waals surface area contributed by atoms with Crippen molar-refractivity contribution < 1.29 is 11.0 Å². The molecule has 3 aromatic carbocycles. The maximum absolute atomic E-state index is 9.20. The molecule has 7 heteroatoms. The van der Waals surface area contributed by atoms with Gasteiger partial charge in [-0.15, -0.1) is 0 Å². The molecule has 1 fully saturated rings. The quantitative estimate of drug-likeness (QED) is 0.277. The van der Waals surface area contributed by atoms with Crippen LogP contribution in [0.25, 0.3) is 11.8 Å². The van der Waals surface area contributed by atoms with E-state index in [4.69, 9.17) is 5.10 Å². The number of benzene rings is 3. The first-order valence-corrected chi connectivity index (χ1v) is 14.5. The Morgan fingerprint density at radius 1 is 0.951 bits per heavy atom. The first kappa shape index (κ1) is 30.3. The lowest BCUT2D eigenvalue weighted by molar-refractivity contribution is 0.221. The Hall–Kier alpha value is -3.67. The van der Waals surface area contributed by atoms with Crippen LogP contribution in [-0.4, -0.2) is 38.1 Å². The van der Waals surface area contributed by atoms with Crippen LogP contribution >= 0.6 is 11.9 Å². The molecular formula is C34H38N4O2S. The van der Waals surface area contributed by atoms with Crippen LogP contribution in [0, 0.1) is 16.7 Å². The summed E-state index contributed by atoms with van der Waals surface area (Å²) < 4.78 is 4.61. The average molecular weight is 567 g/mol. The molecule has 0 spiro atoms. The second-order valence-electron chi connectivity index (χ2n) is 11.9. The summed E-state index contributed by atoms with van der Waals surface area (Å²) in [6.45, 7) is 8.82. The molecule has 1 saturated heterocycles. The number of hydrogen-bond acceptors (Lipinski definition) is 4. The Kier molecular flexibility index (Phi) is 8.91. The Morgan fingerprint density at radius 3 is 2.32 bits per heavy atom. The normalized spacial score (nSPS) is 18.1. The lowest BCUT2D eigenvalue weighted by Gasteiger charge is -2.46. The van der Waals surface area contributed by atoms with E-state index in [0.29, 0.717) is 5.56 Å². The van der Waals surface area contributed by atoms with Gasteiger partial charge < -0.3 is 11.0 Å². The van der Waals surface area contributed by atoms with Gasteiger partial charge in [-0.1, -0.05) is 68.8 Å². The van der Waals surface area contributed by atoms with Crippen LogP contribution in [0.15, 0.2) is 95.5 Å². The first-order chi connectivity index (χ1) is 18.8. The van der Waals surface area contributed by atoms with Crippen LogP contribution in [-0.2, 0) is 18.3 Å². The largest absolute Gasteiger partial charge is 0.412 e. The first-order valence-electron chi connectivity index (χ1n) is 13.7. The molecule has 1 aromatic heterocycles. The lowest BCUT2D eigenvalue weighted by Crippen LogP contribution is -2.45. The standard InChI is InChI=1S/C34H34N4S.2H2O/c1-33(2,3)28-11-15-31(16-12-28)39-37-18-17-29-19-32-27(21-34(29,24-37)20-25-7-5-4-6-8-25)23-36-38(32)30-13-9-26(22-35)10-14-30;;/h4-16,19,23H,17-18,20-21,24H2,1-3H3;2*1H2. The average Bonchev–Trinajstić information content (AvgIpc) is 3.34. The summed E-state index contributed by atoms with van der Waals surface area (Å²) >= 11 is 1.89. The molecule has 6 rings (SSSR count). The van der Waals surface area contributed by atoms with Gasteiger partial charge in [0.2, 0.25) is 0 Å². The van der Waals surface area contributed by atoms with Crippen molar-refractivity contribution in [2.45, 2.75) is 50.3 Å². The van der Waals surface area contributed by atoms with E-state index in [9.17, 15) is 5.26 Å². The molecule has 4 N–H and O–H groups in total. The van der Waals surface area contributed by atoms with Gasteiger partial charge in [0.1, 0.15) is 0 Å². The highest BCUT2D eigenvalue weighted by atomic mass is 32.2. The second-order valence-corrected chi connectivity index (χ2v) is 13.1. The summed E-state index contributed by atoms with van der Waals surface area (Å²) in [6, 6.07) is 30.0. The smallest absolute Gasteiger partial charge is 0.0991 e. The maximum Gasteiger partial charge on any atom is 0.0991 e. The fourth-order valence-electron chi connectivity index (χ4n) is 5.98. The highest BCUT2D eigenvalue weighted by Crippen LogP contribution is 2.48. The molecule has 6 nitrogen and oxygen atoms in total. The summed E-state index contributed by atoms with van der Waals surface area (Å²) in [4.78, 5) is 1.30. The van der Waals surface area contributed by atoms with Gasteiger partial charge in [0.25, 0.3) is 0 Å². The van der Waals surface area contributed by atoms with E-state index >= 15 is 0 Å². The molecular weight excluding hydrogens is 528 g/mol. The van der Waals surface area contributed by atoms with Crippen molar-refractivity contribution in [2.75, 3.05) is 13.1 Å². The fraction of sp³-hybridized carbons (Fsp3) is 0.294. The molecule has 0 amide bonds. The maximum atomic E-state index is 9.20. The van der Waals surface area contributed by atoms with Crippen LogP contribution in [0.3, 0.4) is 0 Å². The van der Waals surface area contributed by atoms with Gasteiger partial charge in [-0.05, 0) is 95.8 Å². The van der Waals surface area contributed by atoms with Crippen molar-refractivity contribution in [1.82, 2.24) is 14.1 Å². The predicted molar refractivity (Wildman–Crippen MR) is 167 cm³/mol. The van der Waals surface area contributed by atoms with E-state index in [1.54, 1.807) is 0 Å².